The van der Waals surface area contributed by atoms with Gasteiger partial charge in [0.1, 0.15) is 16.4 Å². The Hall–Kier alpha value is -4.15. The van der Waals surface area contributed by atoms with Gasteiger partial charge in [-0.3, -0.25) is 14.6 Å². The molecule has 0 radical (unpaired) electrons. The van der Waals surface area contributed by atoms with Gasteiger partial charge in [0.2, 0.25) is 5.43 Å². The average Bonchev–Trinajstić information content (AvgIpc) is 3.44. The van der Waals surface area contributed by atoms with Crippen LogP contribution in [-0.2, 0) is 15.3 Å². The molecule has 0 aliphatic carbocycles. The summed E-state index contributed by atoms with van der Waals surface area (Å²) < 4.78 is 58.0. The third-order valence-corrected chi connectivity index (χ3v) is 8.18. The number of alkyl halides is 3. The second kappa shape index (κ2) is 12.9. The van der Waals surface area contributed by atoms with Crippen molar-refractivity contribution in [2.75, 3.05) is 18.5 Å². The molecule has 4 aromatic rings. The quantitative estimate of drug-likeness (QED) is 0.136. The van der Waals surface area contributed by atoms with E-state index in [0.717, 1.165) is 11.6 Å². The number of pyridine rings is 2. The number of phosphoric acid groups is 1. The topological polar surface area (TPSA) is 193 Å². The first-order valence-electron chi connectivity index (χ1n) is 13.5. The third kappa shape index (κ3) is 7.79. The zero-order chi connectivity index (χ0) is 34.2. The minimum Gasteiger partial charge on any atom is -0.477 e. The first kappa shape index (κ1) is 34.7. The molecule has 5 N–H and O–H groups in total. The fourth-order valence-electron chi connectivity index (χ4n) is 4.63. The van der Waals surface area contributed by atoms with Gasteiger partial charge in [-0.05, 0) is 36.1 Å². The average molecular weight is 684 g/mol. The standard InChI is InChI=1S/C28H29F3N5O8PS/c1-5-32-26(40)35-22-9-15(24-34-20(13-46-24)28(29,30)31)17(10-33-22)14-6-7-19-16(8-14)23(37)18(25(38)39)11-36(19)21(27(2,3)4)12-44-45(41,42)43/h6-11,13,21H,5,12H2,1-4H3,(H,38,39)(H2,41,42,43)(H2,32,33,35,40). The summed E-state index contributed by atoms with van der Waals surface area (Å²) in [5, 5.41) is 15.5. The molecular weight excluding hydrogens is 654 g/mol. The molecule has 0 spiro atoms. The van der Waals surface area contributed by atoms with Gasteiger partial charge in [0.15, 0.2) is 5.69 Å². The molecule has 3 heterocycles. The Morgan fingerprint density at radius 2 is 1.85 bits per heavy atom. The lowest BCUT2D eigenvalue weighted by molar-refractivity contribution is -0.140. The van der Waals surface area contributed by atoms with Crippen LogP contribution in [0.3, 0.4) is 0 Å². The molecule has 2 amide bonds. The lowest BCUT2D eigenvalue weighted by Gasteiger charge is -2.34. The molecule has 18 heteroatoms. The van der Waals surface area contributed by atoms with Crippen LogP contribution in [0.4, 0.5) is 23.8 Å². The van der Waals surface area contributed by atoms with Crippen LogP contribution < -0.4 is 16.1 Å². The molecule has 4 rings (SSSR count). The van der Waals surface area contributed by atoms with Gasteiger partial charge in [-0.15, -0.1) is 11.3 Å². The number of benzene rings is 1. The maximum Gasteiger partial charge on any atom is 0.469 e. The number of rotatable bonds is 9. The molecule has 13 nitrogen and oxygen atoms in total. The second-order valence-electron chi connectivity index (χ2n) is 11.1. The van der Waals surface area contributed by atoms with E-state index in [1.807, 2.05) is 0 Å². The minimum absolute atomic E-state index is 0.00263. The number of carboxylic acid groups (broad SMARTS) is 1. The van der Waals surface area contributed by atoms with E-state index in [0.29, 0.717) is 17.9 Å². The second-order valence-corrected chi connectivity index (χ2v) is 13.2. The number of carbonyl (C=O) groups is 2. The molecule has 1 aromatic carbocycles. The van der Waals surface area contributed by atoms with E-state index in [1.165, 1.54) is 35.0 Å². The predicted octanol–water partition coefficient (Wildman–Crippen LogP) is 5.74. The summed E-state index contributed by atoms with van der Waals surface area (Å²) in [5.74, 6) is -1.55. The van der Waals surface area contributed by atoms with Gasteiger partial charge in [0.25, 0.3) is 0 Å². The summed E-state index contributed by atoms with van der Waals surface area (Å²) in [4.78, 5) is 64.3. The van der Waals surface area contributed by atoms with Crippen molar-refractivity contribution in [3.8, 4) is 21.7 Å². The van der Waals surface area contributed by atoms with Gasteiger partial charge in [-0.2, -0.15) is 13.2 Å². The van der Waals surface area contributed by atoms with Gasteiger partial charge < -0.3 is 24.8 Å². The molecule has 3 aromatic heterocycles. The van der Waals surface area contributed by atoms with Crippen molar-refractivity contribution >= 4 is 47.9 Å². The Kier molecular flexibility index (Phi) is 9.75. The number of phosphoric ester groups is 1. The van der Waals surface area contributed by atoms with Gasteiger partial charge >= 0.3 is 26.0 Å². The maximum atomic E-state index is 13.4. The first-order valence-corrected chi connectivity index (χ1v) is 15.9. The number of aromatic carboxylic acids is 1. The minimum atomic E-state index is -4.92. The highest BCUT2D eigenvalue weighted by Crippen LogP contribution is 2.42. The molecule has 0 bridgehead atoms. The zero-order valence-electron chi connectivity index (χ0n) is 24.7. The lowest BCUT2D eigenvalue weighted by atomic mass is 9.86. The van der Waals surface area contributed by atoms with Crippen molar-refractivity contribution in [3.63, 3.8) is 0 Å². The van der Waals surface area contributed by atoms with E-state index < -0.39 is 60.7 Å². The number of aromatic nitrogens is 3. The van der Waals surface area contributed by atoms with Crippen LogP contribution in [0.1, 0.15) is 49.8 Å². The van der Waals surface area contributed by atoms with E-state index in [1.54, 1.807) is 27.7 Å². The van der Waals surface area contributed by atoms with E-state index >= 15 is 0 Å². The summed E-state index contributed by atoms with van der Waals surface area (Å²) in [6.45, 7) is 6.65. The Balaban J connectivity index is 1.97. The van der Waals surface area contributed by atoms with Crippen LogP contribution in [0.15, 0.2) is 46.8 Å². The van der Waals surface area contributed by atoms with Gasteiger partial charge in [0, 0.05) is 40.8 Å². The van der Waals surface area contributed by atoms with E-state index in [2.05, 4.69) is 20.6 Å². The summed E-state index contributed by atoms with van der Waals surface area (Å²) in [5.41, 5.74) is -2.59. The van der Waals surface area contributed by atoms with Crippen molar-refractivity contribution in [3.05, 3.63) is 63.5 Å². The number of urea groups is 1. The number of thiazole rings is 1. The van der Waals surface area contributed by atoms with Crippen molar-refractivity contribution < 1.29 is 46.7 Å². The Morgan fingerprint density at radius 1 is 1.15 bits per heavy atom. The molecular formula is C28H29F3N5O8PS. The first-order chi connectivity index (χ1) is 21.3. The largest absolute Gasteiger partial charge is 0.477 e. The van der Waals surface area contributed by atoms with Crippen molar-refractivity contribution in [2.24, 2.45) is 5.41 Å². The van der Waals surface area contributed by atoms with Crippen LogP contribution in [0.5, 0.6) is 0 Å². The molecule has 1 unspecified atom stereocenters. The molecule has 46 heavy (non-hydrogen) atoms. The summed E-state index contributed by atoms with van der Waals surface area (Å²) in [6.07, 6.45) is -2.37. The Bertz CT molecular complexity index is 1920. The number of fused-ring (bicyclic) bond motifs is 1. The maximum absolute atomic E-state index is 13.4. The monoisotopic (exact) mass is 683 g/mol. The molecule has 0 aliphatic rings. The molecule has 246 valence electrons. The summed E-state index contributed by atoms with van der Waals surface area (Å²) in [7, 11) is -4.92. The van der Waals surface area contributed by atoms with Crippen molar-refractivity contribution in [1.29, 1.82) is 0 Å². The number of nitrogens with one attached hydrogen (secondary N) is 2. The van der Waals surface area contributed by atoms with Gasteiger partial charge in [0.05, 0.1) is 18.2 Å². The highest BCUT2D eigenvalue weighted by molar-refractivity contribution is 7.46. The normalized spacial score (nSPS) is 13.1. The highest BCUT2D eigenvalue weighted by Gasteiger charge is 2.34. The van der Waals surface area contributed by atoms with Crippen LogP contribution in [0.2, 0.25) is 0 Å². The fraction of sp³-hybridized carbons (Fsp3) is 0.321. The zero-order valence-corrected chi connectivity index (χ0v) is 26.5. The van der Waals surface area contributed by atoms with E-state index in [4.69, 9.17) is 4.52 Å². The van der Waals surface area contributed by atoms with E-state index in [-0.39, 0.29) is 38.4 Å². The fourth-order valence-corrected chi connectivity index (χ4v) is 5.82. The predicted molar refractivity (Wildman–Crippen MR) is 164 cm³/mol. The molecule has 0 saturated carbocycles. The summed E-state index contributed by atoms with van der Waals surface area (Å²) in [6, 6.07) is 4.20. The number of carbonyl (C=O) groups excluding carboxylic acids is 1. The Labute approximate surface area is 263 Å². The van der Waals surface area contributed by atoms with Crippen LogP contribution in [0, 0.1) is 5.41 Å². The number of amides is 2. The van der Waals surface area contributed by atoms with Gasteiger partial charge in [-0.1, -0.05) is 26.8 Å². The lowest BCUT2D eigenvalue weighted by Crippen LogP contribution is -2.31. The van der Waals surface area contributed by atoms with Crippen molar-refractivity contribution in [2.45, 2.75) is 39.9 Å². The molecule has 1 atom stereocenters. The smallest absolute Gasteiger partial charge is 0.469 e. The highest BCUT2D eigenvalue weighted by atomic mass is 32.1. The van der Waals surface area contributed by atoms with Gasteiger partial charge in [-0.25, -0.2) is 24.1 Å². The SMILES string of the molecule is CCNC(=O)Nc1cc(-c2nc(C(F)(F)F)cs2)c(-c2ccc3c(c2)c(=O)c(C(=O)O)cn3C(COP(=O)(O)O)C(C)(C)C)cn1. The third-order valence-electron chi connectivity index (χ3n) is 6.82. The van der Waals surface area contributed by atoms with Crippen molar-refractivity contribution in [1.82, 2.24) is 19.9 Å². The molecule has 0 saturated heterocycles. The summed E-state index contributed by atoms with van der Waals surface area (Å²) >= 11 is 0.697. The van der Waals surface area contributed by atoms with Crippen LogP contribution >= 0.6 is 19.2 Å². The number of anilines is 1. The number of hydrogen-bond acceptors (Lipinski definition) is 8. The number of hydrogen-bond donors (Lipinski definition) is 5. The molecule has 0 fully saturated rings. The number of halogens is 3. The van der Waals surface area contributed by atoms with Crippen LogP contribution in [0.25, 0.3) is 32.6 Å². The number of carboxylic acids is 1. The van der Waals surface area contributed by atoms with E-state index in [9.17, 15) is 47.0 Å². The van der Waals surface area contributed by atoms with Crippen LogP contribution in [-0.4, -0.2) is 54.6 Å². The Morgan fingerprint density at radius 3 is 2.41 bits per heavy atom. The molecule has 0 aliphatic heterocycles. The number of nitrogens with zero attached hydrogens (tertiary/aromatic N) is 3.